The van der Waals surface area contributed by atoms with Gasteiger partial charge in [-0.15, -0.1) is 5.06 Å². The van der Waals surface area contributed by atoms with Gasteiger partial charge in [0.25, 0.3) is 0 Å². The Kier molecular flexibility index (Phi) is 8.89. The molecule has 0 aromatic rings. The zero-order chi connectivity index (χ0) is 19.6. The summed E-state index contributed by atoms with van der Waals surface area (Å²) in [6.45, 7) is -4.25. The zero-order valence-electron chi connectivity index (χ0n) is 12.4. The van der Waals surface area contributed by atoms with E-state index in [-0.39, 0.29) is 4.90 Å². The zero-order valence-corrected chi connectivity index (χ0v) is 12.4. The SMILES string of the molecule is O=C([O-])CN(CC(=O)[O-])C(=O)/C=C/C(=O)O[NH+](CC(=O)[O-])CC(=O)[O-]. The second-order valence-electron chi connectivity index (χ2n) is 4.33. The minimum Gasteiger partial charge on any atom is -0.548 e. The van der Waals surface area contributed by atoms with Crippen molar-refractivity contribution in [2.24, 2.45) is 0 Å². The molecule has 0 rings (SSSR count). The first-order chi connectivity index (χ1) is 11.5. The van der Waals surface area contributed by atoms with Gasteiger partial charge in [-0.05, 0) is 0 Å². The summed E-state index contributed by atoms with van der Waals surface area (Å²) in [5.74, 6) is -9.62. The summed E-state index contributed by atoms with van der Waals surface area (Å²) in [4.78, 5) is 69.3. The molecule has 0 fully saturated rings. The summed E-state index contributed by atoms with van der Waals surface area (Å²) in [6, 6.07) is 0. The number of rotatable bonds is 11. The second-order valence-corrected chi connectivity index (χ2v) is 4.33. The molecule has 0 aliphatic rings. The van der Waals surface area contributed by atoms with Crippen molar-refractivity contribution < 1.29 is 59.1 Å². The van der Waals surface area contributed by atoms with E-state index in [4.69, 9.17) is 0 Å². The van der Waals surface area contributed by atoms with Gasteiger partial charge in [-0.25, -0.2) is 4.79 Å². The number of hydroxylamine groups is 2. The van der Waals surface area contributed by atoms with Gasteiger partial charge in [0.1, 0.15) is 0 Å². The maximum atomic E-state index is 11.6. The number of carboxylic acids is 4. The number of nitrogens with one attached hydrogen (secondary N) is 1. The van der Waals surface area contributed by atoms with Crippen LogP contribution in [-0.2, 0) is 33.6 Å². The van der Waals surface area contributed by atoms with Gasteiger partial charge in [0.2, 0.25) is 5.91 Å². The molecule has 25 heavy (non-hydrogen) atoms. The molecule has 0 radical (unpaired) electrons. The van der Waals surface area contributed by atoms with Crippen LogP contribution in [0.2, 0.25) is 0 Å². The lowest BCUT2D eigenvalue weighted by molar-refractivity contribution is -1.06. The second kappa shape index (κ2) is 10.3. The van der Waals surface area contributed by atoms with Crippen molar-refractivity contribution in [1.82, 2.24) is 4.90 Å². The Morgan fingerprint density at radius 3 is 1.56 bits per heavy atom. The number of hydrogen-bond donors (Lipinski definition) is 1. The maximum absolute atomic E-state index is 11.6. The van der Waals surface area contributed by atoms with Gasteiger partial charge >= 0.3 is 5.97 Å². The molecule has 0 atom stereocenters. The molecule has 0 aromatic heterocycles. The van der Waals surface area contributed by atoms with Crippen LogP contribution < -0.4 is 25.5 Å². The van der Waals surface area contributed by atoms with Crippen LogP contribution in [0.15, 0.2) is 12.2 Å². The number of quaternary nitrogens is 1. The minimum absolute atomic E-state index is 0.265. The van der Waals surface area contributed by atoms with E-state index < -0.39 is 67.0 Å². The van der Waals surface area contributed by atoms with Crippen molar-refractivity contribution in [3.63, 3.8) is 0 Å². The summed E-state index contributed by atoms with van der Waals surface area (Å²) < 4.78 is 0. The third kappa shape index (κ3) is 10.8. The molecule has 0 saturated heterocycles. The lowest BCUT2D eigenvalue weighted by atomic mass is 10.4. The van der Waals surface area contributed by atoms with E-state index in [9.17, 15) is 49.2 Å². The molecule has 0 aliphatic carbocycles. The van der Waals surface area contributed by atoms with E-state index in [1.807, 2.05) is 0 Å². The van der Waals surface area contributed by atoms with E-state index in [2.05, 4.69) is 4.84 Å². The van der Waals surface area contributed by atoms with Crippen LogP contribution in [0, 0.1) is 0 Å². The van der Waals surface area contributed by atoms with Crippen LogP contribution in [0.4, 0.5) is 0 Å². The predicted octanol–water partition coefficient (Wildman–Crippen LogP) is -9.29. The largest absolute Gasteiger partial charge is 0.548 e. The van der Waals surface area contributed by atoms with Crippen LogP contribution in [0.5, 0.6) is 0 Å². The fourth-order valence-electron chi connectivity index (χ4n) is 1.40. The molecular formula is C12H11N2O11-3. The van der Waals surface area contributed by atoms with E-state index in [0.717, 1.165) is 0 Å². The van der Waals surface area contributed by atoms with Crippen molar-refractivity contribution in [3.05, 3.63) is 12.2 Å². The number of nitrogens with zero attached hydrogens (tertiary/aromatic N) is 1. The Labute approximate surface area is 139 Å². The highest BCUT2D eigenvalue weighted by molar-refractivity contribution is 5.96. The van der Waals surface area contributed by atoms with Crippen LogP contribution in [0.1, 0.15) is 0 Å². The van der Waals surface area contributed by atoms with E-state index in [1.54, 1.807) is 0 Å². The number of carbonyl (C=O) groups excluding carboxylic acids is 6. The van der Waals surface area contributed by atoms with Crippen LogP contribution in [0.25, 0.3) is 0 Å². The molecule has 0 bridgehead atoms. The summed E-state index contributed by atoms with van der Waals surface area (Å²) in [5.41, 5.74) is 0. The average molecular weight is 359 g/mol. The van der Waals surface area contributed by atoms with Gasteiger partial charge in [-0.1, -0.05) is 0 Å². The summed E-state index contributed by atoms with van der Waals surface area (Å²) in [6.07, 6.45) is 0.842. The molecular weight excluding hydrogens is 348 g/mol. The standard InChI is InChI=1S/C12H14N2O11/c15-7(13(3-8(16)17)4-9(18)19)1-2-12(24)25-14(5-10(20)21)6-11(22)23/h1-2H,3-6H2,(H,16,17)(H,18,19)(H,20,21)(H,22,23)/p-3/b2-1+. The van der Waals surface area contributed by atoms with Crippen molar-refractivity contribution in [2.75, 3.05) is 26.2 Å². The Hall–Kier alpha value is -3.48. The molecule has 1 amide bonds. The van der Waals surface area contributed by atoms with Crippen molar-refractivity contribution >= 4 is 35.8 Å². The first kappa shape index (κ1) is 21.5. The van der Waals surface area contributed by atoms with Crippen molar-refractivity contribution in [1.29, 1.82) is 0 Å². The summed E-state index contributed by atoms with van der Waals surface area (Å²) >= 11 is 0. The number of hydrogen-bond acceptors (Lipinski definition) is 11. The van der Waals surface area contributed by atoms with E-state index >= 15 is 0 Å². The van der Waals surface area contributed by atoms with Crippen molar-refractivity contribution in [2.45, 2.75) is 0 Å². The fourth-order valence-corrected chi connectivity index (χ4v) is 1.40. The number of carboxylic acid groups (broad SMARTS) is 4. The highest BCUT2D eigenvalue weighted by Crippen LogP contribution is 1.91. The van der Waals surface area contributed by atoms with Crippen molar-refractivity contribution in [3.8, 4) is 0 Å². The topological polar surface area (TPSA) is 212 Å². The lowest BCUT2D eigenvalue weighted by Crippen LogP contribution is -3.14. The van der Waals surface area contributed by atoms with E-state index in [1.165, 1.54) is 0 Å². The number of amides is 1. The molecule has 0 saturated carbocycles. The Balaban J connectivity index is 4.88. The molecule has 0 aromatic carbocycles. The van der Waals surface area contributed by atoms with Gasteiger partial charge in [-0.2, -0.15) is 0 Å². The molecule has 0 unspecified atom stereocenters. The fraction of sp³-hybridized carbons (Fsp3) is 0.333. The predicted molar refractivity (Wildman–Crippen MR) is 62.5 cm³/mol. The number of carbonyl (C=O) groups is 6. The molecule has 1 N–H and O–H groups in total. The highest BCUT2D eigenvalue weighted by Gasteiger charge is 2.16. The first-order valence-corrected chi connectivity index (χ1v) is 6.34. The quantitative estimate of drug-likeness (QED) is 0.270. The lowest BCUT2D eigenvalue weighted by Gasteiger charge is -2.22. The van der Waals surface area contributed by atoms with Crippen LogP contribution in [0.3, 0.4) is 0 Å². The van der Waals surface area contributed by atoms with Gasteiger partial charge in [0.15, 0.2) is 13.1 Å². The maximum Gasteiger partial charge on any atom is 0.390 e. The third-order valence-corrected chi connectivity index (χ3v) is 2.24. The smallest absolute Gasteiger partial charge is 0.390 e. The van der Waals surface area contributed by atoms with Crippen LogP contribution >= 0.6 is 0 Å². The first-order valence-electron chi connectivity index (χ1n) is 6.34. The van der Waals surface area contributed by atoms with E-state index in [0.29, 0.717) is 12.2 Å². The Morgan fingerprint density at radius 1 is 0.760 bits per heavy atom. The number of aliphatic carboxylic acids is 4. The molecule has 138 valence electrons. The molecule has 0 spiro atoms. The molecule has 13 heteroatoms. The Bertz CT molecular complexity index is 566. The third-order valence-electron chi connectivity index (χ3n) is 2.24. The van der Waals surface area contributed by atoms with Gasteiger partial charge in [-0.3, -0.25) is 9.63 Å². The van der Waals surface area contributed by atoms with Gasteiger partial charge in [0.05, 0.1) is 37.0 Å². The average Bonchev–Trinajstić information content (AvgIpc) is 2.41. The molecule has 13 nitrogen and oxygen atoms in total. The normalized spacial score (nSPS) is 10.4. The highest BCUT2D eigenvalue weighted by atomic mass is 16.7. The van der Waals surface area contributed by atoms with Gasteiger partial charge < -0.3 is 44.5 Å². The summed E-state index contributed by atoms with van der Waals surface area (Å²) in [7, 11) is 0. The molecule has 0 aliphatic heterocycles. The van der Waals surface area contributed by atoms with Gasteiger partial charge in [0, 0.05) is 12.2 Å². The van der Waals surface area contributed by atoms with Crippen LogP contribution in [-0.4, -0.2) is 66.8 Å². The molecule has 0 heterocycles. The minimum atomic E-state index is -1.77. The monoisotopic (exact) mass is 359 g/mol. The summed E-state index contributed by atoms with van der Waals surface area (Å²) in [5, 5.41) is 40.9. The Morgan fingerprint density at radius 2 is 1.20 bits per heavy atom.